The van der Waals surface area contributed by atoms with Gasteiger partial charge in [-0.05, 0) is 42.4 Å². The highest BCUT2D eigenvalue weighted by Gasteiger charge is 2.12. The smallest absolute Gasteiger partial charge is 0.0138 e. The van der Waals surface area contributed by atoms with Crippen molar-refractivity contribution in [1.29, 1.82) is 0 Å². The number of hydrogen-bond donors (Lipinski definition) is 1. The van der Waals surface area contributed by atoms with Gasteiger partial charge in [-0.1, -0.05) is 42.5 Å². The molecule has 2 rings (SSSR count). The van der Waals surface area contributed by atoms with E-state index in [4.69, 9.17) is 0 Å². The Bertz CT molecular complexity index is 328. The average Bonchev–Trinajstić information content (AvgIpc) is 2.41. The second-order valence-electron chi connectivity index (χ2n) is 4.53. The molecule has 2 heteroatoms. The Morgan fingerprint density at radius 3 is 2.71 bits per heavy atom. The predicted molar refractivity (Wildman–Crippen MR) is 78.4 cm³/mol. The summed E-state index contributed by atoms with van der Waals surface area (Å²) >= 11 is 2.10. The molecule has 1 fully saturated rings. The molecule has 1 aliphatic rings. The lowest BCUT2D eigenvalue weighted by Crippen LogP contribution is -2.25. The third-order valence-electron chi connectivity index (χ3n) is 3.15. The van der Waals surface area contributed by atoms with Crippen molar-refractivity contribution in [2.75, 3.05) is 24.6 Å². The number of rotatable bonds is 5. The maximum absolute atomic E-state index is 3.53. The van der Waals surface area contributed by atoms with Crippen LogP contribution < -0.4 is 5.32 Å². The quantitative estimate of drug-likeness (QED) is 0.800. The Balaban J connectivity index is 1.61. The van der Waals surface area contributed by atoms with E-state index < -0.39 is 0 Å². The second kappa shape index (κ2) is 7.57. The van der Waals surface area contributed by atoms with E-state index in [0.717, 1.165) is 12.5 Å². The molecule has 1 saturated heterocycles. The van der Waals surface area contributed by atoms with Gasteiger partial charge in [-0.15, -0.1) is 0 Å². The molecule has 1 aliphatic heterocycles. The van der Waals surface area contributed by atoms with Gasteiger partial charge in [0.15, 0.2) is 0 Å². The minimum Gasteiger partial charge on any atom is -0.313 e. The number of nitrogens with one attached hydrogen (secondary N) is 1. The Kier molecular flexibility index (Phi) is 5.66. The van der Waals surface area contributed by atoms with Crippen molar-refractivity contribution >= 4 is 17.8 Å². The number of hydrogen-bond acceptors (Lipinski definition) is 2. The molecule has 92 valence electrons. The van der Waals surface area contributed by atoms with E-state index in [-0.39, 0.29) is 0 Å². The van der Waals surface area contributed by atoms with Gasteiger partial charge in [0, 0.05) is 6.54 Å². The van der Waals surface area contributed by atoms with Crippen molar-refractivity contribution in [3.8, 4) is 0 Å². The maximum Gasteiger partial charge on any atom is 0.0138 e. The maximum atomic E-state index is 3.53. The minimum atomic E-state index is 0.904. The van der Waals surface area contributed by atoms with Gasteiger partial charge in [-0.3, -0.25) is 0 Å². The lowest BCUT2D eigenvalue weighted by Gasteiger charge is -2.21. The van der Waals surface area contributed by atoms with Gasteiger partial charge in [0.1, 0.15) is 0 Å². The summed E-state index contributed by atoms with van der Waals surface area (Å²) in [5, 5.41) is 3.53. The molecule has 1 aromatic rings. The largest absolute Gasteiger partial charge is 0.313 e. The van der Waals surface area contributed by atoms with Crippen LogP contribution in [0.1, 0.15) is 18.4 Å². The fourth-order valence-electron chi connectivity index (χ4n) is 2.08. The van der Waals surface area contributed by atoms with E-state index >= 15 is 0 Å². The molecule has 1 nitrogen and oxygen atoms in total. The van der Waals surface area contributed by atoms with Gasteiger partial charge < -0.3 is 5.32 Å². The summed E-state index contributed by atoms with van der Waals surface area (Å²) in [5.41, 5.74) is 1.28. The first-order valence-electron chi connectivity index (χ1n) is 6.45. The fourth-order valence-corrected chi connectivity index (χ4v) is 3.28. The molecule has 0 spiro atoms. The number of thioether (sulfide) groups is 1. The van der Waals surface area contributed by atoms with Crippen LogP contribution in [0, 0.1) is 5.92 Å². The van der Waals surface area contributed by atoms with Crippen molar-refractivity contribution in [2.45, 2.75) is 12.8 Å². The molecule has 0 atom stereocenters. The van der Waals surface area contributed by atoms with E-state index in [9.17, 15) is 0 Å². The van der Waals surface area contributed by atoms with Crippen molar-refractivity contribution < 1.29 is 0 Å². The predicted octanol–water partition coefficient (Wildman–Crippen LogP) is 3.43. The number of benzene rings is 1. The van der Waals surface area contributed by atoms with E-state index in [1.165, 1.54) is 36.5 Å². The van der Waals surface area contributed by atoms with Crippen LogP contribution in [0.3, 0.4) is 0 Å². The van der Waals surface area contributed by atoms with Gasteiger partial charge in [0.25, 0.3) is 0 Å². The molecule has 0 aliphatic carbocycles. The van der Waals surface area contributed by atoms with E-state index in [1.54, 1.807) is 0 Å². The summed E-state index contributed by atoms with van der Waals surface area (Å²) in [6, 6.07) is 10.5. The molecule has 0 aromatic heterocycles. The summed E-state index contributed by atoms with van der Waals surface area (Å²) in [5.74, 6) is 3.61. The Labute approximate surface area is 109 Å². The van der Waals surface area contributed by atoms with Crippen LogP contribution in [0.4, 0.5) is 0 Å². The molecule has 0 saturated carbocycles. The zero-order valence-electron chi connectivity index (χ0n) is 10.3. The van der Waals surface area contributed by atoms with E-state index in [2.05, 4.69) is 59.6 Å². The summed E-state index contributed by atoms with van der Waals surface area (Å²) in [7, 11) is 0. The molecule has 0 amide bonds. The lowest BCUT2D eigenvalue weighted by molar-refractivity contribution is 0.459. The van der Waals surface area contributed by atoms with Gasteiger partial charge in [0.2, 0.25) is 0 Å². The third-order valence-corrected chi connectivity index (χ3v) is 4.19. The summed E-state index contributed by atoms with van der Waals surface area (Å²) in [6.45, 7) is 2.16. The third kappa shape index (κ3) is 4.97. The zero-order chi connectivity index (χ0) is 11.8. The molecule has 0 bridgehead atoms. The second-order valence-corrected chi connectivity index (χ2v) is 5.75. The highest BCUT2D eigenvalue weighted by Crippen LogP contribution is 2.21. The van der Waals surface area contributed by atoms with Crippen LogP contribution in [0.2, 0.25) is 0 Å². The van der Waals surface area contributed by atoms with Crippen molar-refractivity contribution in [3.05, 3.63) is 42.0 Å². The first kappa shape index (κ1) is 12.7. The normalized spacial score (nSPS) is 17.6. The molecule has 1 heterocycles. The summed E-state index contributed by atoms with van der Waals surface area (Å²) in [4.78, 5) is 0. The highest BCUT2D eigenvalue weighted by atomic mass is 32.2. The SMILES string of the molecule is C(=C\c1ccccc1)/CNCC1CCSCC1. The van der Waals surface area contributed by atoms with Gasteiger partial charge in [-0.25, -0.2) is 0 Å². The standard InChI is InChI=1S/C15H21NS/c1-2-5-14(6-3-1)7-4-10-16-13-15-8-11-17-12-9-15/h1-7,15-16H,8-13H2/b7-4+. The fraction of sp³-hybridized carbons (Fsp3) is 0.467. The molecule has 0 radical (unpaired) electrons. The molecule has 1 aromatic carbocycles. The molecular formula is C15H21NS. The first-order valence-corrected chi connectivity index (χ1v) is 7.60. The van der Waals surface area contributed by atoms with Gasteiger partial charge >= 0.3 is 0 Å². The Morgan fingerprint density at radius 2 is 1.94 bits per heavy atom. The van der Waals surface area contributed by atoms with Gasteiger partial charge in [-0.2, -0.15) is 11.8 Å². The van der Waals surface area contributed by atoms with Crippen molar-refractivity contribution in [1.82, 2.24) is 5.32 Å². The molecular weight excluding hydrogens is 226 g/mol. The molecule has 1 N–H and O–H groups in total. The molecule has 0 unspecified atom stereocenters. The monoisotopic (exact) mass is 247 g/mol. The Morgan fingerprint density at radius 1 is 1.18 bits per heavy atom. The van der Waals surface area contributed by atoms with Crippen LogP contribution in [-0.2, 0) is 0 Å². The minimum absolute atomic E-state index is 0.904. The van der Waals surface area contributed by atoms with Crippen molar-refractivity contribution in [2.24, 2.45) is 5.92 Å². The van der Waals surface area contributed by atoms with Crippen LogP contribution in [0.25, 0.3) is 6.08 Å². The highest BCUT2D eigenvalue weighted by molar-refractivity contribution is 7.99. The van der Waals surface area contributed by atoms with Crippen LogP contribution in [0.15, 0.2) is 36.4 Å². The van der Waals surface area contributed by atoms with E-state index in [1.807, 2.05) is 0 Å². The molecule has 17 heavy (non-hydrogen) atoms. The average molecular weight is 247 g/mol. The first-order chi connectivity index (χ1) is 8.45. The van der Waals surface area contributed by atoms with Crippen LogP contribution in [-0.4, -0.2) is 24.6 Å². The zero-order valence-corrected chi connectivity index (χ0v) is 11.1. The lowest BCUT2D eigenvalue weighted by atomic mass is 10.0. The van der Waals surface area contributed by atoms with Crippen LogP contribution in [0.5, 0.6) is 0 Å². The van der Waals surface area contributed by atoms with Crippen molar-refractivity contribution in [3.63, 3.8) is 0 Å². The van der Waals surface area contributed by atoms with E-state index in [0.29, 0.717) is 0 Å². The summed E-state index contributed by atoms with van der Waals surface area (Å²) in [6.07, 6.45) is 7.18. The van der Waals surface area contributed by atoms with Gasteiger partial charge in [0.05, 0.1) is 0 Å². The Hall–Kier alpha value is -0.730. The summed E-state index contributed by atoms with van der Waals surface area (Å²) < 4.78 is 0. The van der Waals surface area contributed by atoms with Crippen LogP contribution >= 0.6 is 11.8 Å². The topological polar surface area (TPSA) is 12.0 Å².